The Kier molecular flexibility index (Phi) is 3.68. The Morgan fingerprint density at radius 1 is 1.19 bits per heavy atom. The van der Waals surface area contributed by atoms with Crippen LogP contribution in [0.5, 0.6) is 11.5 Å². The number of H-pyrrole nitrogens is 1. The molecule has 1 aliphatic heterocycles. The van der Waals surface area contributed by atoms with E-state index in [1.165, 1.54) is 0 Å². The maximum Gasteiger partial charge on any atom is 0.265 e. The van der Waals surface area contributed by atoms with Crippen LogP contribution in [0, 0.1) is 6.92 Å². The number of fused-ring (bicyclic) bond motifs is 4. The van der Waals surface area contributed by atoms with Crippen LogP contribution in [0.1, 0.15) is 11.1 Å². The predicted octanol–water partition coefficient (Wildman–Crippen LogP) is 3.75. The molecule has 0 spiro atoms. The van der Waals surface area contributed by atoms with Gasteiger partial charge in [0.05, 0.1) is 6.21 Å². The Bertz CT molecular complexity index is 1220. The van der Waals surface area contributed by atoms with E-state index in [1.54, 1.807) is 6.21 Å². The molecule has 9 heteroatoms. The zero-order valence-electron chi connectivity index (χ0n) is 14.2. The van der Waals surface area contributed by atoms with Crippen LogP contribution >= 0.6 is 15.9 Å². The lowest BCUT2D eigenvalue weighted by Gasteiger charge is -2.01. The van der Waals surface area contributed by atoms with Gasteiger partial charge < -0.3 is 14.5 Å². The van der Waals surface area contributed by atoms with Crippen LogP contribution in [0.2, 0.25) is 0 Å². The number of hydrogen-bond donors (Lipinski definition) is 2. The number of rotatable bonds is 3. The van der Waals surface area contributed by atoms with Gasteiger partial charge in [0, 0.05) is 20.9 Å². The highest BCUT2D eigenvalue weighted by Crippen LogP contribution is 2.36. The zero-order chi connectivity index (χ0) is 18.4. The first-order valence-electron chi connectivity index (χ1n) is 8.18. The molecule has 0 atom stereocenters. The molecule has 3 heterocycles. The van der Waals surface area contributed by atoms with E-state index in [9.17, 15) is 0 Å². The molecule has 5 rings (SSSR count). The standard InChI is InChI=1S/C18H13BrN6O2/c1-9-2-3-13-11(4-9)16-17(21-13)22-18(25-23-16)24-20-7-10-5-14-15(6-12(10)19)27-8-26-14/h2-7H,8H2,1H3,(H2,21,22,24,25)/b20-7+. The number of hydrogen-bond acceptors (Lipinski definition) is 7. The van der Waals surface area contributed by atoms with Crippen LogP contribution in [-0.2, 0) is 0 Å². The van der Waals surface area contributed by atoms with Gasteiger partial charge in [-0.15, -0.1) is 10.2 Å². The van der Waals surface area contributed by atoms with Crippen molar-refractivity contribution in [1.29, 1.82) is 0 Å². The van der Waals surface area contributed by atoms with Gasteiger partial charge in [0.1, 0.15) is 5.52 Å². The number of hydrazone groups is 1. The van der Waals surface area contributed by atoms with Crippen molar-refractivity contribution in [2.24, 2.45) is 5.10 Å². The Morgan fingerprint density at radius 3 is 2.93 bits per heavy atom. The zero-order valence-corrected chi connectivity index (χ0v) is 15.7. The van der Waals surface area contributed by atoms with E-state index < -0.39 is 0 Å². The Balaban J connectivity index is 1.42. The number of aromatic amines is 1. The molecular formula is C18H13BrN6O2. The van der Waals surface area contributed by atoms with Gasteiger partial charge in [-0.2, -0.15) is 10.1 Å². The Labute approximate surface area is 161 Å². The van der Waals surface area contributed by atoms with E-state index in [0.717, 1.165) is 32.0 Å². The molecule has 8 nitrogen and oxygen atoms in total. The molecule has 0 unspecified atom stereocenters. The normalized spacial score (nSPS) is 13.1. The van der Waals surface area contributed by atoms with Crippen molar-refractivity contribution in [3.8, 4) is 11.5 Å². The second-order valence-corrected chi connectivity index (χ2v) is 6.96. The van der Waals surface area contributed by atoms with E-state index in [1.807, 2.05) is 31.2 Å². The van der Waals surface area contributed by atoms with Gasteiger partial charge in [-0.3, -0.25) is 0 Å². The number of benzene rings is 2. The number of nitrogens with zero attached hydrogens (tertiary/aromatic N) is 4. The first-order valence-corrected chi connectivity index (χ1v) is 8.98. The first-order chi connectivity index (χ1) is 13.2. The van der Waals surface area contributed by atoms with Crippen LogP contribution in [0.25, 0.3) is 22.1 Å². The third-order valence-electron chi connectivity index (χ3n) is 4.23. The lowest BCUT2D eigenvalue weighted by Crippen LogP contribution is -1.99. The van der Waals surface area contributed by atoms with Crippen molar-refractivity contribution in [2.75, 3.05) is 12.2 Å². The highest BCUT2D eigenvalue weighted by molar-refractivity contribution is 9.10. The molecule has 0 saturated heterocycles. The highest BCUT2D eigenvalue weighted by atomic mass is 79.9. The molecule has 2 aromatic carbocycles. The van der Waals surface area contributed by atoms with Crippen molar-refractivity contribution in [3.05, 3.63) is 45.9 Å². The number of halogens is 1. The highest BCUT2D eigenvalue weighted by Gasteiger charge is 2.15. The SMILES string of the molecule is Cc1ccc2[nH]c3nc(N/N=C/c4cc5c(cc4Br)OCO5)nnc3c2c1. The van der Waals surface area contributed by atoms with E-state index in [4.69, 9.17) is 9.47 Å². The van der Waals surface area contributed by atoms with Crippen molar-refractivity contribution in [1.82, 2.24) is 20.2 Å². The second-order valence-electron chi connectivity index (χ2n) is 6.10. The monoisotopic (exact) mass is 424 g/mol. The molecule has 0 amide bonds. The summed E-state index contributed by atoms with van der Waals surface area (Å²) in [5.74, 6) is 1.70. The van der Waals surface area contributed by atoms with Gasteiger partial charge in [0.25, 0.3) is 5.95 Å². The van der Waals surface area contributed by atoms with Gasteiger partial charge in [-0.25, -0.2) is 5.43 Å². The van der Waals surface area contributed by atoms with Crippen molar-refractivity contribution >= 4 is 50.2 Å². The summed E-state index contributed by atoms with van der Waals surface area (Å²) in [7, 11) is 0. The summed E-state index contributed by atoms with van der Waals surface area (Å²) in [5, 5.41) is 13.6. The van der Waals surface area contributed by atoms with E-state index in [-0.39, 0.29) is 6.79 Å². The van der Waals surface area contributed by atoms with Gasteiger partial charge in [-0.1, -0.05) is 11.6 Å². The maximum absolute atomic E-state index is 5.38. The third-order valence-corrected chi connectivity index (χ3v) is 4.92. The van der Waals surface area contributed by atoms with Crippen molar-refractivity contribution in [2.45, 2.75) is 6.92 Å². The van der Waals surface area contributed by atoms with E-state index in [2.05, 4.69) is 52.7 Å². The summed E-state index contributed by atoms with van der Waals surface area (Å²) in [4.78, 5) is 7.69. The van der Waals surface area contributed by atoms with Crippen LogP contribution < -0.4 is 14.9 Å². The smallest absolute Gasteiger partial charge is 0.265 e. The minimum Gasteiger partial charge on any atom is -0.454 e. The largest absolute Gasteiger partial charge is 0.454 e. The lowest BCUT2D eigenvalue weighted by molar-refractivity contribution is 0.174. The average Bonchev–Trinajstić information content (AvgIpc) is 3.25. The minimum absolute atomic E-state index is 0.226. The maximum atomic E-state index is 5.38. The van der Waals surface area contributed by atoms with Gasteiger partial charge in [0.2, 0.25) is 6.79 Å². The molecule has 2 N–H and O–H groups in total. The second kappa shape index (κ2) is 6.20. The van der Waals surface area contributed by atoms with E-state index >= 15 is 0 Å². The molecular weight excluding hydrogens is 412 g/mol. The number of nitrogens with one attached hydrogen (secondary N) is 2. The summed E-state index contributed by atoms with van der Waals surface area (Å²) >= 11 is 3.49. The minimum atomic E-state index is 0.226. The summed E-state index contributed by atoms with van der Waals surface area (Å²) in [6.45, 7) is 2.27. The predicted molar refractivity (Wildman–Crippen MR) is 105 cm³/mol. The molecule has 2 aromatic heterocycles. The van der Waals surface area contributed by atoms with Gasteiger partial charge >= 0.3 is 0 Å². The van der Waals surface area contributed by atoms with Gasteiger partial charge in [0.15, 0.2) is 17.1 Å². The molecule has 1 aliphatic rings. The number of aryl methyl sites for hydroxylation is 1. The number of aromatic nitrogens is 4. The quantitative estimate of drug-likeness (QED) is 0.383. The number of anilines is 1. The molecule has 0 bridgehead atoms. The molecule has 0 radical (unpaired) electrons. The summed E-state index contributed by atoms with van der Waals surface area (Å²) in [5.41, 5.74) is 7.17. The van der Waals surface area contributed by atoms with Crippen LogP contribution in [-0.4, -0.2) is 33.2 Å². The van der Waals surface area contributed by atoms with Crippen LogP contribution in [0.3, 0.4) is 0 Å². The molecule has 0 saturated carbocycles. The van der Waals surface area contributed by atoms with Crippen LogP contribution in [0.4, 0.5) is 5.95 Å². The summed E-state index contributed by atoms with van der Waals surface area (Å²) in [6.07, 6.45) is 1.65. The van der Waals surface area contributed by atoms with Crippen LogP contribution in [0.15, 0.2) is 39.9 Å². The fraction of sp³-hybridized carbons (Fsp3) is 0.111. The number of ether oxygens (including phenoxy) is 2. The average molecular weight is 425 g/mol. The topological polar surface area (TPSA) is 97.3 Å². The third kappa shape index (κ3) is 2.85. The van der Waals surface area contributed by atoms with E-state index in [0.29, 0.717) is 23.1 Å². The van der Waals surface area contributed by atoms with Crippen molar-refractivity contribution < 1.29 is 9.47 Å². The lowest BCUT2D eigenvalue weighted by atomic mass is 10.2. The first kappa shape index (κ1) is 16.0. The fourth-order valence-electron chi connectivity index (χ4n) is 2.92. The fourth-order valence-corrected chi connectivity index (χ4v) is 3.35. The molecule has 27 heavy (non-hydrogen) atoms. The molecule has 134 valence electrons. The molecule has 0 fully saturated rings. The Morgan fingerprint density at radius 2 is 2.04 bits per heavy atom. The summed E-state index contributed by atoms with van der Waals surface area (Å²) in [6, 6.07) is 9.81. The van der Waals surface area contributed by atoms with Crippen molar-refractivity contribution in [3.63, 3.8) is 0 Å². The van der Waals surface area contributed by atoms with Gasteiger partial charge in [-0.05, 0) is 47.1 Å². The molecule has 4 aromatic rings. The Hall–Kier alpha value is -3.20. The molecule has 0 aliphatic carbocycles. The summed E-state index contributed by atoms with van der Waals surface area (Å²) < 4.78 is 11.6.